The van der Waals surface area contributed by atoms with Gasteiger partial charge in [0, 0.05) is 4.88 Å². The highest BCUT2D eigenvalue weighted by Gasteiger charge is 2.21. The van der Waals surface area contributed by atoms with Gasteiger partial charge < -0.3 is 14.9 Å². The van der Waals surface area contributed by atoms with E-state index in [4.69, 9.17) is 4.74 Å². The van der Waals surface area contributed by atoms with Gasteiger partial charge in [0.1, 0.15) is 16.9 Å². The molecule has 0 N–H and O–H groups in total. The molecule has 0 amide bonds. The van der Waals surface area contributed by atoms with E-state index in [1.54, 1.807) is 17.4 Å². The van der Waals surface area contributed by atoms with E-state index in [-0.39, 0.29) is 11.6 Å². The smallest absolute Gasteiger partial charge is 0.406 e. The summed E-state index contributed by atoms with van der Waals surface area (Å²) in [5.74, 6) is 0.702. The fourth-order valence-electron chi connectivity index (χ4n) is 2.75. The summed E-state index contributed by atoms with van der Waals surface area (Å²) in [6.45, 7) is 10.5. The van der Waals surface area contributed by atoms with Crippen LogP contribution in [0.4, 0.5) is 5.82 Å². The molecule has 3 aromatic heterocycles. The number of nitro groups is 1. The van der Waals surface area contributed by atoms with Crippen LogP contribution in [0.1, 0.15) is 30.1 Å². The molecule has 0 fully saturated rings. The van der Waals surface area contributed by atoms with E-state index in [0.29, 0.717) is 18.2 Å². The molecule has 0 atom stereocenters. The number of hydrogen-bond acceptors (Lipinski definition) is 8. The zero-order valence-corrected chi connectivity index (χ0v) is 16.5. The van der Waals surface area contributed by atoms with E-state index in [0.717, 1.165) is 33.7 Å². The van der Waals surface area contributed by atoms with Crippen LogP contribution in [0, 0.1) is 24.0 Å². The zero-order valence-electron chi connectivity index (χ0n) is 15.7. The van der Waals surface area contributed by atoms with Gasteiger partial charge in [-0.3, -0.25) is 4.90 Å². The molecular formula is C18H21N5O3S. The molecule has 0 radical (unpaired) electrons. The van der Waals surface area contributed by atoms with Gasteiger partial charge in [0.2, 0.25) is 11.6 Å². The van der Waals surface area contributed by atoms with Crippen molar-refractivity contribution >= 4 is 27.4 Å². The van der Waals surface area contributed by atoms with Crippen LogP contribution in [0.25, 0.3) is 10.2 Å². The van der Waals surface area contributed by atoms with Crippen molar-refractivity contribution in [2.45, 2.75) is 34.2 Å². The van der Waals surface area contributed by atoms with Crippen LogP contribution in [-0.4, -0.2) is 37.9 Å². The molecule has 0 aliphatic heterocycles. The van der Waals surface area contributed by atoms with Crippen LogP contribution in [-0.2, 0) is 6.54 Å². The Bertz CT molecular complexity index is 985. The second kappa shape index (κ2) is 7.93. The van der Waals surface area contributed by atoms with Crippen molar-refractivity contribution in [3.63, 3.8) is 0 Å². The molecule has 0 saturated carbocycles. The average Bonchev–Trinajstić information content (AvgIpc) is 2.94. The van der Waals surface area contributed by atoms with Gasteiger partial charge in [-0.2, -0.15) is 4.98 Å². The minimum Gasteiger partial charge on any atom is -0.429 e. The molecule has 9 heteroatoms. The molecule has 27 heavy (non-hydrogen) atoms. The highest BCUT2D eigenvalue weighted by molar-refractivity contribution is 7.18. The van der Waals surface area contributed by atoms with Crippen molar-refractivity contribution in [1.29, 1.82) is 0 Å². The second-order valence-electron chi connectivity index (χ2n) is 6.05. The van der Waals surface area contributed by atoms with Crippen LogP contribution in [0.5, 0.6) is 11.6 Å². The number of nitrogens with zero attached hydrogens (tertiary/aromatic N) is 5. The van der Waals surface area contributed by atoms with Crippen LogP contribution in [0.2, 0.25) is 0 Å². The lowest BCUT2D eigenvalue weighted by Gasteiger charge is -2.17. The Kier molecular flexibility index (Phi) is 5.62. The Balaban J connectivity index is 2.11. The van der Waals surface area contributed by atoms with Gasteiger partial charge in [-0.25, -0.2) is 4.98 Å². The minimum absolute atomic E-state index is 0.0690. The van der Waals surface area contributed by atoms with E-state index >= 15 is 0 Å². The summed E-state index contributed by atoms with van der Waals surface area (Å²) >= 11 is 1.57. The summed E-state index contributed by atoms with van der Waals surface area (Å²) in [6, 6.07) is 3.13. The van der Waals surface area contributed by atoms with Gasteiger partial charge in [0.15, 0.2) is 0 Å². The third kappa shape index (κ3) is 3.88. The molecule has 0 aromatic carbocycles. The van der Waals surface area contributed by atoms with Gasteiger partial charge in [0.25, 0.3) is 0 Å². The van der Waals surface area contributed by atoms with E-state index in [2.05, 4.69) is 33.7 Å². The largest absolute Gasteiger partial charge is 0.429 e. The van der Waals surface area contributed by atoms with E-state index in [1.165, 1.54) is 12.3 Å². The molecule has 3 rings (SSSR count). The molecular weight excluding hydrogens is 366 g/mol. The van der Waals surface area contributed by atoms with Gasteiger partial charge in [-0.05, 0) is 54.5 Å². The first-order valence-corrected chi connectivity index (χ1v) is 9.52. The normalized spacial score (nSPS) is 11.3. The summed E-state index contributed by atoms with van der Waals surface area (Å²) < 4.78 is 5.90. The maximum atomic E-state index is 11.3. The maximum absolute atomic E-state index is 11.3. The Morgan fingerprint density at radius 3 is 2.67 bits per heavy atom. The summed E-state index contributed by atoms with van der Waals surface area (Å²) in [5, 5.41) is 12.1. The van der Waals surface area contributed by atoms with Gasteiger partial charge in [-0.1, -0.05) is 13.8 Å². The molecule has 0 spiro atoms. The quantitative estimate of drug-likeness (QED) is 0.442. The van der Waals surface area contributed by atoms with Crippen molar-refractivity contribution < 1.29 is 9.66 Å². The predicted octanol–water partition coefficient (Wildman–Crippen LogP) is 4.25. The molecule has 0 aliphatic rings. The van der Waals surface area contributed by atoms with Crippen LogP contribution in [0.15, 0.2) is 18.3 Å². The number of pyridine rings is 1. The van der Waals surface area contributed by atoms with Crippen molar-refractivity contribution in [2.24, 2.45) is 0 Å². The van der Waals surface area contributed by atoms with Crippen LogP contribution < -0.4 is 4.74 Å². The van der Waals surface area contributed by atoms with Gasteiger partial charge in [0.05, 0.1) is 11.9 Å². The fraction of sp³-hybridized carbons (Fsp3) is 0.389. The SMILES string of the molecule is CCN(CC)Cc1nc(Oc2cccnc2[N+](=O)[O-])c2c(C)c(C)sc2n1. The third-order valence-corrected chi connectivity index (χ3v) is 5.53. The van der Waals surface area contributed by atoms with Crippen molar-refractivity contribution in [3.8, 4) is 11.6 Å². The monoisotopic (exact) mass is 387 g/mol. The molecule has 0 saturated heterocycles. The molecule has 0 aliphatic carbocycles. The van der Waals surface area contributed by atoms with Crippen molar-refractivity contribution in [2.75, 3.05) is 13.1 Å². The summed E-state index contributed by atoms with van der Waals surface area (Å²) in [4.78, 5) is 27.9. The molecule has 142 valence electrons. The Morgan fingerprint density at radius 1 is 1.26 bits per heavy atom. The minimum atomic E-state index is -0.559. The molecule has 0 bridgehead atoms. The first kappa shape index (κ1) is 19.1. The van der Waals surface area contributed by atoms with E-state index < -0.39 is 4.92 Å². The molecule has 3 heterocycles. The van der Waals surface area contributed by atoms with Crippen molar-refractivity contribution in [1.82, 2.24) is 19.9 Å². The Hall–Kier alpha value is -2.65. The topological polar surface area (TPSA) is 94.3 Å². The zero-order chi connectivity index (χ0) is 19.6. The summed E-state index contributed by atoms with van der Waals surface area (Å²) in [6.07, 6.45) is 1.37. The molecule has 3 aromatic rings. The first-order chi connectivity index (χ1) is 12.9. The maximum Gasteiger partial charge on any atom is 0.406 e. The number of aryl methyl sites for hydroxylation is 2. The predicted molar refractivity (Wildman–Crippen MR) is 104 cm³/mol. The highest BCUT2D eigenvalue weighted by Crippen LogP contribution is 2.38. The fourth-order valence-corrected chi connectivity index (χ4v) is 3.79. The van der Waals surface area contributed by atoms with Gasteiger partial charge in [-0.15, -0.1) is 11.3 Å². The molecule has 8 nitrogen and oxygen atoms in total. The van der Waals surface area contributed by atoms with Crippen LogP contribution in [0.3, 0.4) is 0 Å². The number of fused-ring (bicyclic) bond motifs is 1. The third-order valence-electron chi connectivity index (χ3n) is 4.43. The lowest BCUT2D eigenvalue weighted by atomic mass is 10.2. The number of ether oxygens (including phenoxy) is 1. The lowest BCUT2D eigenvalue weighted by Crippen LogP contribution is -2.23. The van der Waals surface area contributed by atoms with E-state index in [1.807, 2.05) is 13.8 Å². The summed E-state index contributed by atoms with van der Waals surface area (Å²) in [5.41, 5.74) is 1.02. The van der Waals surface area contributed by atoms with Crippen molar-refractivity contribution in [3.05, 3.63) is 44.7 Å². The number of hydrogen-bond donors (Lipinski definition) is 0. The molecule has 0 unspecified atom stereocenters. The average molecular weight is 387 g/mol. The highest BCUT2D eigenvalue weighted by atomic mass is 32.1. The number of thiophene rings is 1. The standard InChI is InChI=1S/C18H21N5O3S/c1-5-22(6-2)10-14-20-17(15-11(3)12(4)27-18(15)21-14)26-13-8-7-9-19-16(13)23(24)25/h7-9H,5-6,10H2,1-4H3. The lowest BCUT2D eigenvalue weighted by molar-refractivity contribution is -0.390. The number of aromatic nitrogens is 3. The Labute approximate surface area is 161 Å². The number of rotatable bonds is 7. The van der Waals surface area contributed by atoms with Crippen LogP contribution >= 0.6 is 11.3 Å². The van der Waals surface area contributed by atoms with E-state index in [9.17, 15) is 10.1 Å². The first-order valence-electron chi connectivity index (χ1n) is 8.70. The van der Waals surface area contributed by atoms with Gasteiger partial charge >= 0.3 is 5.82 Å². The second-order valence-corrected chi connectivity index (χ2v) is 7.26. The summed E-state index contributed by atoms with van der Waals surface area (Å²) in [7, 11) is 0. The Morgan fingerprint density at radius 2 is 2.00 bits per heavy atom.